The zero-order chi connectivity index (χ0) is 12.4. The number of ether oxygens (including phenoxy) is 2. The van der Waals surface area contributed by atoms with Gasteiger partial charge in [-0.1, -0.05) is 6.08 Å². The third-order valence-electron chi connectivity index (χ3n) is 1.24. The molecule has 88 valence electrons. The van der Waals surface area contributed by atoms with Crippen LogP contribution in [0.4, 0.5) is 0 Å². The summed E-state index contributed by atoms with van der Waals surface area (Å²) in [7, 11) is 0. The predicted octanol–water partition coefficient (Wildman–Crippen LogP) is 0.290. The van der Waals surface area contributed by atoms with Crippen molar-refractivity contribution in [2.24, 2.45) is 0 Å². The van der Waals surface area contributed by atoms with Crippen LogP contribution in [0.1, 0.15) is 6.92 Å². The molecule has 0 bridgehead atoms. The van der Waals surface area contributed by atoms with Crippen LogP contribution in [0.2, 0.25) is 0 Å². The second kappa shape index (κ2) is 8.22. The SMILES string of the molecule is CC=CC(=O)OCCOC(=O)/C=C\C(=O)O. The first-order chi connectivity index (χ1) is 7.56. The fourth-order valence-electron chi connectivity index (χ4n) is 0.656. The molecule has 0 aromatic rings. The number of hydrogen-bond donors (Lipinski definition) is 1. The topological polar surface area (TPSA) is 89.9 Å². The van der Waals surface area contributed by atoms with E-state index in [1.54, 1.807) is 6.92 Å². The molecular weight excluding hydrogens is 216 g/mol. The Balaban J connectivity index is 3.63. The van der Waals surface area contributed by atoms with Crippen LogP contribution in [-0.2, 0) is 23.9 Å². The zero-order valence-corrected chi connectivity index (χ0v) is 8.71. The second-order valence-electron chi connectivity index (χ2n) is 2.51. The average Bonchev–Trinajstić information content (AvgIpc) is 2.22. The van der Waals surface area contributed by atoms with Crippen LogP contribution in [-0.4, -0.2) is 36.2 Å². The first kappa shape index (κ1) is 13.9. The maximum absolute atomic E-state index is 10.8. The predicted molar refractivity (Wildman–Crippen MR) is 53.5 cm³/mol. The van der Waals surface area contributed by atoms with Crippen molar-refractivity contribution < 1.29 is 29.0 Å². The third kappa shape index (κ3) is 8.49. The molecule has 0 spiro atoms. The lowest BCUT2D eigenvalue weighted by Crippen LogP contribution is -2.11. The summed E-state index contributed by atoms with van der Waals surface area (Å²) in [6, 6.07) is 0. The molecular formula is C10H12O6. The quantitative estimate of drug-likeness (QED) is 0.399. The Morgan fingerprint density at radius 2 is 1.50 bits per heavy atom. The van der Waals surface area contributed by atoms with E-state index in [1.165, 1.54) is 12.2 Å². The maximum atomic E-state index is 10.8. The smallest absolute Gasteiger partial charge is 0.331 e. The Bertz CT molecular complexity index is 315. The van der Waals surface area contributed by atoms with Gasteiger partial charge in [0, 0.05) is 18.2 Å². The first-order valence-electron chi connectivity index (χ1n) is 4.43. The van der Waals surface area contributed by atoms with Crippen LogP contribution in [0.15, 0.2) is 24.3 Å². The molecule has 0 saturated carbocycles. The summed E-state index contributed by atoms with van der Waals surface area (Å²) in [5.41, 5.74) is 0. The van der Waals surface area contributed by atoms with Crippen molar-refractivity contribution in [2.75, 3.05) is 13.2 Å². The number of carbonyl (C=O) groups excluding carboxylic acids is 2. The molecule has 0 aliphatic heterocycles. The maximum Gasteiger partial charge on any atom is 0.331 e. The highest BCUT2D eigenvalue weighted by Crippen LogP contribution is 1.85. The van der Waals surface area contributed by atoms with E-state index >= 15 is 0 Å². The number of carboxylic acids is 1. The molecule has 0 unspecified atom stereocenters. The van der Waals surface area contributed by atoms with Crippen molar-refractivity contribution in [2.45, 2.75) is 6.92 Å². The van der Waals surface area contributed by atoms with Crippen molar-refractivity contribution in [1.82, 2.24) is 0 Å². The minimum Gasteiger partial charge on any atom is -0.478 e. The standard InChI is InChI=1S/C10H12O6/c1-2-3-9(13)15-6-7-16-10(14)5-4-8(11)12/h2-5H,6-7H2,1H3,(H,11,12)/b3-2?,5-4-. The monoisotopic (exact) mass is 228 g/mol. The van der Waals surface area contributed by atoms with Gasteiger partial charge in [-0.05, 0) is 6.92 Å². The zero-order valence-electron chi connectivity index (χ0n) is 8.71. The van der Waals surface area contributed by atoms with E-state index in [4.69, 9.17) is 5.11 Å². The van der Waals surface area contributed by atoms with Gasteiger partial charge in [0.15, 0.2) is 0 Å². The lowest BCUT2D eigenvalue weighted by molar-refractivity contribution is -0.146. The summed E-state index contributed by atoms with van der Waals surface area (Å²) < 4.78 is 9.15. The van der Waals surface area contributed by atoms with Crippen molar-refractivity contribution >= 4 is 17.9 Å². The van der Waals surface area contributed by atoms with Crippen molar-refractivity contribution in [3.8, 4) is 0 Å². The van der Waals surface area contributed by atoms with E-state index in [2.05, 4.69) is 9.47 Å². The van der Waals surface area contributed by atoms with Gasteiger partial charge in [-0.3, -0.25) is 0 Å². The summed E-state index contributed by atoms with van der Waals surface area (Å²) in [5, 5.41) is 8.19. The Labute approximate surface area is 92.2 Å². The fraction of sp³-hybridized carbons (Fsp3) is 0.300. The molecule has 0 saturated heterocycles. The van der Waals surface area contributed by atoms with Crippen LogP contribution in [0, 0.1) is 0 Å². The van der Waals surface area contributed by atoms with E-state index in [-0.39, 0.29) is 13.2 Å². The summed E-state index contributed by atoms with van der Waals surface area (Å²) in [6.45, 7) is 1.47. The van der Waals surface area contributed by atoms with Gasteiger partial charge in [0.1, 0.15) is 13.2 Å². The summed E-state index contributed by atoms with van der Waals surface area (Å²) in [5.74, 6) is -2.57. The highest BCUT2D eigenvalue weighted by Gasteiger charge is 2.00. The normalized spacial score (nSPS) is 10.6. The number of carbonyl (C=O) groups is 3. The third-order valence-corrected chi connectivity index (χ3v) is 1.24. The average molecular weight is 228 g/mol. The molecule has 0 aliphatic rings. The van der Waals surface area contributed by atoms with E-state index < -0.39 is 17.9 Å². The summed E-state index contributed by atoms with van der Waals surface area (Å²) in [4.78, 5) is 31.6. The number of rotatable bonds is 6. The largest absolute Gasteiger partial charge is 0.478 e. The van der Waals surface area contributed by atoms with Crippen LogP contribution >= 0.6 is 0 Å². The molecule has 0 heterocycles. The highest BCUT2D eigenvalue weighted by molar-refractivity contribution is 5.90. The van der Waals surface area contributed by atoms with Crippen LogP contribution in [0.3, 0.4) is 0 Å². The van der Waals surface area contributed by atoms with Crippen molar-refractivity contribution in [1.29, 1.82) is 0 Å². The van der Waals surface area contributed by atoms with Crippen LogP contribution in [0.25, 0.3) is 0 Å². The number of esters is 2. The number of carboxylic acid groups (broad SMARTS) is 1. The second-order valence-corrected chi connectivity index (χ2v) is 2.51. The molecule has 1 N–H and O–H groups in total. The van der Waals surface area contributed by atoms with Crippen LogP contribution in [0.5, 0.6) is 0 Å². The minimum atomic E-state index is -1.24. The van der Waals surface area contributed by atoms with Crippen molar-refractivity contribution in [3.05, 3.63) is 24.3 Å². The van der Waals surface area contributed by atoms with Gasteiger partial charge >= 0.3 is 17.9 Å². The molecule has 6 heteroatoms. The molecule has 0 aromatic carbocycles. The van der Waals surface area contributed by atoms with Gasteiger partial charge in [0.2, 0.25) is 0 Å². The minimum absolute atomic E-state index is 0.0736. The molecule has 0 fully saturated rings. The Morgan fingerprint density at radius 3 is 1.94 bits per heavy atom. The molecule has 16 heavy (non-hydrogen) atoms. The van der Waals surface area contributed by atoms with Crippen molar-refractivity contribution in [3.63, 3.8) is 0 Å². The number of hydrogen-bond acceptors (Lipinski definition) is 5. The fourth-order valence-corrected chi connectivity index (χ4v) is 0.656. The van der Waals surface area contributed by atoms with Gasteiger partial charge in [-0.2, -0.15) is 0 Å². The number of allylic oxidation sites excluding steroid dienone is 1. The first-order valence-corrected chi connectivity index (χ1v) is 4.43. The van der Waals surface area contributed by atoms with Crippen LogP contribution < -0.4 is 0 Å². The van der Waals surface area contributed by atoms with Gasteiger partial charge in [-0.25, -0.2) is 14.4 Å². The molecule has 0 radical (unpaired) electrons. The lowest BCUT2D eigenvalue weighted by atomic mass is 10.5. The Kier molecular flexibility index (Phi) is 7.14. The molecule has 0 amide bonds. The summed E-state index contributed by atoms with van der Waals surface area (Å²) in [6.07, 6.45) is 4.18. The summed E-state index contributed by atoms with van der Waals surface area (Å²) >= 11 is 0. The van der Waals surface area contributed by atoms with E-state index in [9.17, 15) is 14.4 Å². The van der Waals surface area contributed by atoms with E-state index in [0.717, 1.165) is 6.08 Å². The molecule has 0 rings (SSSR count). The van der Waals surface area contributed by atoms with E-state index in [1.807, 2.05) is 0 Å². The Morgan fingerprint density at radius 1 is 1.00 bits per heavy atom. The van der Waals surface area contributed by atoms with Gasteiger partial charge < -0.3 is 14.6 Å². The molecule has 0 atom stereocenters. The lowest BCUT2D eigenvalue weighted by Gasteiger charge is -2.01. The Hall–Kier alpha value is -2.11. The highest BCUT2D eigenvalue weighted by atomic mass is 16.6. The molecule has 0 aliphatic carbocycles. The van der Waals surface area contributed by atoms with Gasteiger partial charge in [0.05, 0.1) is 0 Å². The molecule has 6 nitrogen and oxygen atoms in total. The number of aliphatic carboxylic acids is 1. The van der Waals surface area contributed by atoms with Gasteiger partial charge in [-0.15, -0.1) is 0 Å². The van der Waals surface area contributed by atoms with E-state index in [0.29, 0.717) is 6.08 Å². The van der Waals surface area contributed by atoms with Gasteiger partial charge in [0.25, 0.3) is 0 Å². The molecule has 0 aromatic heterocycles.